The van der Waals surface area contributed by atoms with Gasteiger partial charge in [0.05, 0.1) is 21.6 Å². The Hall–Kier alpha value is 0.0500. The van der Waals surface area contributed by atoms with Gasteiger partial charge in [0.25, 0.3) is 0 Å². The fraction of sp³-hybridized carbons (Fsp3) is 1.00. The predicted molar refractivity (Wildman–Crippen MR) is 32.3 cm³/mol. The third-order valence-electron chi connectivity index (χ3n) is 1.35. The van der Waals surface area contributed by atoms with Gasteiger partial charge in [-0.05, 0) is 14.1 Å². The van der Waals surface area contributed by atoms with Crippen LogP contribution < -0.4 is 14.0 Å². The van der Waals surface area contributed by atoms with Crippen LogP contribution in [0.4, 0.5) is 0 Å². The average Bonchev–Trinajstić information content (AvgIpc) is 2.09. The summed E-state index contributed by atoms with van der Waals surface area (Å²) in [6.45, 7) is 3.60. The van der Waals surface area contributed by atoms with Crippen molar-refractivity contribution in [3.63, 3.8) is 0 Å². The van der Waals surface area contributed by atoms with Crippen molar-refractivity contribution in [1.29, 1.82) is 0 Å². The van der Waals surface area contributed by atoms with E-state index >= 15 is 0 Å². The second kappa shape index (κ2) is 4.93. The molecule has 0 unspecified atom stereocenters. The first-order valence-electron chi connectivity index (χ1n) is 3.29. The average molecular weight is 201 g/mol. The van der Waals surface area contributed by atoms with Gasteiger partial charge in [-0.15, -0.1) is 0 Å². The van der Waals surface area contributed by atoms with E-state index in [1.165, 1.54) is 13.1 Å². The molecule has 0 aromatic heterocycles. The zero-order valence-corrected chi connectivity index (χ0v) is 7.82. The second-order valence-electron chi connectivity index (χ2n) is 2.70. The molecule has 0 spiro atoms. The van der Waals surface area contributed by atoms with Crippen molar-refractivity contribution in [2.45, 2.75) is 0 Å². The summed E-state index contributed by atoms with van der Waals surface area (Å²) >= 11 is 0. The lowest BCUT2D eigenvalue weighted by atomic mass is 10.6. The largest absolute Gasteiger partial charge is 0.292 e. The van der Waals surface area contributed by atoms with E-state index < -0.39 is 10.2 Å². The number of rotatable bonds is 0. The standard InChI is InChI=1S/C5H12N2.ClHO4/c1-6-3-4-7(2)5-6;2-1(3,4)5/h3-5H2,1-2H3;(H,2,3,4,5). The van der Waals surface area contributed by atoms with Crippen molar-refractivity contribution < 1.29 is 28.9 Å². The highest BCUT2D eigenvalue weighted by Crippen LogP contribution is 1.95. The van der Waals surface area contributed by atoms with E-state index in [9.17, 15) is 0 Å². The Morgan fingerprint density at radius 1 is 1.08 bits per heavy atom. The quantitative estimate of drug-likeness (QED) is 0.425. The molecule has 0 aliphatic carbocycles. The Bertz CT molecular complexity index is 115. The van der Waals surface area contributed by atoms with Crippen LogP contribution in [0.15, 0.2) is 0 Å². The van der Waals surface area contributed by atoms with Crippen molar-refractivity contribution >= 4 is 0 Å². The minimum Gasteiger partial charge on any atom is -0.292 e. The smallest absolute Gasteiger partial charge is 0.0777 e. The van der Waals surface area contributed by atoms with Crippen molar-refractivity contribution in [2.75, 3.05) is 33.9 Å². The zero-order chi connectivity index (χ0) is 9.78. The van der Waals surface area contributed by atoms with Gasteiger partial charge in [-0.1, -0.05) is 0 Å². The minimum absolute atomic E-state index is 1.14. The lowest BCUT2D eigenvalue weighted by molar-refractivity contribution is -1.92. The molecule has 1 aliphatic heterocycles. The first kappa shape index (κ1) is 12.0. The molecule has 1 fully saturated rings. The molecule has 1 saturated heterocycles. The van der Waals surface area contributed by atoms with Crippen LogP contribution in [-0.2, 0) is 0 Å². The molecule has 1 N–H and O–H groups in total. The van der Waals surface area contributed by atoms with Gasteiger partial charge < -0.3 is 0 Å². The molecular formula is C5H13ClN2O4. The highest BCUT2D eigenvalue weighted by Gasteiger charge is 2.09. The molecular weight excluding hydrogens is 188 g/mol. The van der Waals surface area contributed by atoms with Crippen LogP contribution in [0.5, 0.6) is 0 Å². The van der Waals surface area contributed by atoms with Crippen LogP contribution >= 0.6 is 0 Å². The minimum atomic E-state index is -4.69. The third-order valence-corrected chi connectivity index (χ3v) is 1.35. The summed E-state index contributed by atoms with van der Waals surface area (Å²) in [5.74, 6) is 0. The molecule has 7 heteroatoms. The van der Waals surface area contributed by atoms with Crippen molar-refractivity contribution in [3.8, 4) is 0 Å². The van der Waals surface area contributed by atoms with E-state index in [1.807, 2.05) is 0 Å². The molecule has 0 aromatic rings. The monoisotopic (exact) mass is 200 g/mol. The van der Waals surface area contributed by atoms with Gasteiger partial charge in [0.2, 0.25) is 0 Å². The molecule has 0 atom stereocenters. The Morgan fingerprint density at radius 3 is 1.42 bits per heavy atom. The molecule has 1 heterocycles. The fourth-order valence-corrected chi connectivity index (χ4v) is 0.895. The third kappa shape index (κ3) is 10.0. The van der Waals surface area contributed by atoms with Gasteiger partial charge in [0.15, 0.2) is 0 Å². The van der Waals surface area contributed by atoms with Gasteiger partial charge in [0, 0.05) is 13.1 Å². The molecule has 74 valence electrons. The van der Waals surface area contributed by atoms with Crippen LogP contribution in [0, 0.1) is 10.2 Å². The fourth-order valence-electron chi connectivity index (χ4n) is 0.895. The first-order valence-corrected chi connectivity index (χ1v) is 4.56. The van der Waals surface area contributed by atoms with Gasteiger partial charge >= 0.3 is 0 Å². The molecule has 0 radical (unpaired) electrons. The lowest BCUT2D eigenvalue weighted by Crippen LogP contribution is -2.58. The second-order valence-corrected chi connectivity index (χ2v) is 3.49. The number of hydrogen-bond acceptors (Lipinski definition) is 6. The maximum absolute atomic E-state index is 8.60. The van der Waals surface area contributed by atoms with E-state index in [2.05, 4.69) is 23.9 Å². The van der Waals surface area contributed by atoms with Crippen LogP contribution in [0.2, 0.25) is 0 Å². The molecule has 0 saturated carbocycles. The normalized spacial score (nSPS) is 20.5. The van der Waals surface area contributed by atoms with E-state index in [0.29, 0.717) is 0 Å². The maximum atomic E-state index is 8.60. The number of hydrogen-bond donors (Lipinski definition) is 1. The number of nitrogens with zero attached hydrogens (tertiary/aromatic N) is 2. The molecule has 0 amide bonds. The molecule has 1 aliphatic rings. The Kier molecular flexibility index (Phi) is 4.95. The van der Waals surface area contributed by atoms with E-state index in [-0.39, 0.29) is 0 Å². The summed E-state index contributed by atoms with van der Waals surface area (Å²) < 4.78 is 32.7. The van der Waals surface area contributed by atoms with E-state index in [1.54, 1.807) is 0 Å². The van der Waals surface area contributed by atoms with E-state index in [4.69, 9.17) is 18.6 Å². The van der Waals surface area contributed by atoms with Gasteiger partial charge in [0.1, 0.15) is 0 Å². The lowest BCUT2D eigenvalue weighted by Gasteiger charge is -2.06. The predicted octanol–water partition coefficient (Wildman–Crippen LogP) is -4.30. The van der Waals surface area contributed by atoms with Crippen LogP contribution in [-0.4, -0.2) is 48.3 Å². The summed E-state index contributed by atoms with van der Waals surface area (Å²) in [7, 11) is -0.410. The highest BCUT2D eigenvalue weighted by molar-refractivity contribution is 4.62. The number of likely N-dealkylation sites (N-methyl/N-ethyl adjacent to an activating group) is 2. The summed E-state index contributed by atoms with van der Waals surface area (Å²) in [5, 5.41) is 0. The SMILES string of the molecule is CN1CCN(C)C1.[O-][Cl+3]([O-])([O-])O. The number of halogens is 1. The van der Waals surface area contributed by atoms with Crippen molar-refractivity contribution in [3.05, 3.63) is 0 Å². The van der Waals surface area contributed by atoms with E-state index in [0.717, 1.165) is 6.67 Å². The Morgan fingerprint density at radius 2 is 1.33 bits per heavy atom. The molecule has 12 heavy (non-hydrogen) atoms. The molecule has 1 rings (SSSR count). The van der Waals surface area contributed by atoms with Gasteiger partial charge in [-0.3, -0.25) is 9.80 Å². The summed E-state index contributed by atoms with van der Waals surface area (Å²) in [4.78, 5) is 4.61. The summed E-state index contributed by atoms with van der Waals surface area (Å²) in [6, 6.07) is 0. The van der Waals surface area contributed by atoms with Gasteiger partial charge in [-0.25, -0.2) is 0 Å². The Balaban J connectivity index is 0.000000217. The van der Waals surface area contributed by atoms with Crippen molar-refractivity contribution in [2.24, 2.45) is 0 Å². The zero-order valence-electron chi connectivity index (χ0n) is 7.07. The van der Waals surface area contributed by atoms with Crippen molar-refractivity contribution in [1.82, 2.24) is 9.80 Å². The molecule has 6 nitrogen and oxygen atoms in total. The molecule has 0 aromatic carbocycles. The van der Waals surface area contributed by atoms with Crippen LogP contribution in [0.1, 0.15) is 0 Å². The Labute approximate surface area is 73.4 Å². The highest BCUT2D eigenvalue weighted by atomic mass is 35.7. The maximum Gasteiger partial charge on any atom is 0.0777 e. The first-order chi connectivity index (χ1) is 5.29. The van der Waals surface area contributed by atoms with Crippen LogP contribution in [0.3, 0.4) is 0 Å². The van der Waals surface area contributed by atoms with Crippen LogP contribution in [0.25, 0.3) is 0 Å². The van der Waals surface area contributed by atoms with Gasteiger partial charge in [-0.2, -0.15) is 14.0 Å². The summed E-state index contributed by atoms with van der Waals surface area (Å²) in [6.07, 6.45) is 0. The topological polar surface area (TPSA) is 95.9 Å². The molecule has 0 bridgehead atoms. The summed E-state index contributed by atoms with van der Waals surface area (Å²) in [5.41, 5.74) is 0.